The highest BCUT2D eigenvalue weighted by atomic mass is 19.2. The van der Waals surface area contributed by atoms with E-state index in [9.17, 15) is 27.2 Å². The zero-order chi connectivity index (χ0) is 22.8. The van der Waals surface area contributed by atoms with Gasteiger partial charge < -0.3 is 9.47 Å². The van der Waals surface area contributed by atoms with Crippen LogP contribution in [0.5, 0.6) is 0 Å². The number of rotatable bonds is 4. The summed E-state index contributed by atoms with van der Waals surface area (Å²) in [6, 6.07) is 9.94. The number of carbonyl (C=O) groups excluding carboxylic acids is 2. The van der Waals surface area contributed by atoms with E-state index in [0.717, 1.165) is 35.4 Å². The number of hydrogen-bond donors (Lipinski definition) is 0. The van der Waals surface area contributed by atoms with E-state index < -0.39 is 47.8 Å². The quantitative estimate of drug-likeness (QED) is 0.504. The summed E-state index contributed by atoms with van der Waals surface area (Å²) in [5, 5.41) is 0. The number of carbonyl (C=O) groups is 2. The molecule has 0 amide bonds. The molecule has 0 bridgehead atoms. The van der Waals surface area contributed by atoms with Crippen molar-refractivity contribution in [3.05, 3.63) is 94.3 Å². The number of benzene rings is 2. The van der Waals surface area contributed by atoms with Crippen LogP contribution in [0.25, 0.3) is 0 Å². The maximum Gasteiger partial charge on any atom is 0.338 e. The minimum atomic E-state index is -1.79. The number of esters is 2. The Labute approximate surface area is 181 Å². The zero-order valence-electron chi connectivity index (χ0n) is 16.7. The van der Waals surface area contributed by atoms with Gasteiger partial charge >= 0.3 is 11.9 Å². The molecule has 3 atom stereocenters. The van der Waals surface area contributed by atoms with Crippen LogP contribution in [0.15, 0.2) is 66.0 Å². The molecule has 4 nitrogen and oxygen atoms in total. The van der Waals surface area contributed by atoms with E-state index in [-0.39, 0.29) is 30.4 Å². The smallest absolute Gasteiger partial charge is 0.338 e. The Balaban J connectivity index is 1.55. The van der Waals surface area contributed by atoms with Gasteiger partial charge in [-0.25, -0.2) is 27.2 Å². The first-order valence-corrected chi connectivity index (χ1v) is 9.97. The van der Waals surface area contributed by atoms with Gasteiger partial charge in [-0.1, -0.05) is 30.3 Å². The lowest BCUT2D eigenvalue weighted by Crippen LogP contribution is -2.42. The number of hydrogen-bond acceptors (Lipinski definition) is 4. The minimum absolute atomic E-state index is 0.124. The molecule has 2 aliphatic rings. The molecule has 4 rings (SSSR count). The summed E-state index contributed by atoms with van der Waals surface area (Å²) in [6.45, 7) is 0. The van der Waals surface area contributed by atoms with Crippen LogP contribution in [-0.4, -0.2) is 30.3 Å². The molecular weight excluding hydrogens is 428 g/mol. The van der Waals surface area contributed by atoms with E-state index in [1.54, 1.807) is 0 Å². The Kier molecular flexibility index (Phi) is 6.12. The average molecular weight is 446 g/mol. The number of alkyl halides is 1. The molecule has 0 aliphatic heterocycles. The summed E-state index contributed by atoms with van der Waals surface area (Å²) in [5.41, 5.74) is 1.45. The van der Waals surface area contributed by atoms with Crippen LogP contribution in [-0.2, 0) is 27.1 Å². The molecule has 1 unspecified atom stereocenters. The van der Waals surface area contributed by atoms with Gasteiger partial charge in [-0.2, -0.15) is 0 Å². The largest absolute Gasteiger partial charge is 0.454 e. The van der Waals surface area contributed by atoms with Gasteiger partial charge in [-0.3, -0.25) is 0 Å². The standard InChI is InChI=1S/C24H18F4O4/c25-17-7-5-15(9-19(17)27)23(29)31-21-11-13-3-1-2-4-14(13)12-22(21)32-24(30)16-6-8-18(26)20(28)10-16/h1-7,9-10,18,21-22H,8,11-12H2/t18?,21-,22+/m0/s1. The summed E-state index contributed by atoms with van der Waals surface area (Å²) < 4.78 is 64.6. The van der Waals surface area contributed by atoms with Crippen molar-refractivity contribution in [1.29, 1.82) is 0 Å². The lowest BCUT2D eigenvalue weighted by molar-refractivity contribution is -0.150. The third kappa shape index (κ3) is 4.59. The summed E-state index contributed by atoms with van der Waals surface area (Å²) in [4.78, 5) is 25.1. The summed E-state index contributed by atoms with van der Waals surface area (Å²) in [6.07, 6.45) is -1.42. The topological polar surface area (TPSA) is 52.6 Å². The monoisotopic (exact) mass is 446 g/mol. The van der Waals surface area contributed by atoms with Gasteiger partial charge in [0.25, 0.3) is 0 Å². The van der Waals surface area contributed by atoms with Crippen LogP contribution in [0.2, 0.25) is 0 Å². The molecule has 32 heavy (non-hydrogen) atoms. The third-order valence-corrected chi connectivity index (χ3v) is 5.42. The highest BCUT2D eigenvalue weighted by Gasteiger charge is 2.35. The molecule has 2 aromatic rings. The molecule has 2 aliphatic carbocycles. The van der Waals surface area contributed by atoms with E-state index >= 15 is 0 Å². The molecule has 166 valence electrons. The van der Waals surface area contributed by atoms with E-state index in [4.69, 9.17) is 9.47 Å². The molecule has 0 spiro atoms. The normalized spacial score (nSPS) is 22.3. The average Bonchev–Trinajstić information content (AvgIpc) is 2.77. The Morgan fingerprint density at radius 1 is 0.844 bits per heavy atom. The molecule has 0 radical (unpaired) electrons. The molecule has 0 aromatic heterocycles. The van der Waals surface area contributed by atoms with Gasteiger partial charge in [0.15, 0.2) is 17.8 Å². The fourth-order valence-corrected chi connectivity index (χ4v) is 3.70. The molecule has 0 saturated carbocycles. The SMILES string of the molecule is O=C(O[C@@H]1Cc2ccccc2C[C@@H]1OC(=O)c1ccc(F)c(F)c1)C1=CCC(F)C(F)=C1. The maximum atomic E-state index is 13.6. The fraction of sp³-hybridized carbons (Fsp3) is 0.250. The van der Waals surface area contributed by atoms with Gasteiger partial charge in [-0.05, 0) is 35.4 Å². The Bertz CT molecular complexity index is 1120. The van der Waals surface area contributed by atoms with E-state index in [0.29, 0.717) is 0 Å². The molecule has 2 aromatic carbocycles. The molecule has 0 heterocycles. The van der Waals surface area contributed by atoms with Crippen molar-refractivity contribution in [3.8, 4) is 0 Å². The number of fused-ring (bicyclic) bond motifs is 1. The Morgan fingerprint density at radius 2 is 1.47 bits per heavy atom. The van der Waals surface area contributed by atoms with Gasteiger partial charge in [0, 0.05) is 19.3 Å². The first-order valence-electron chi connectivity index (χ1n) is 9.97. The first kappa shape index (κ1) is 21.8. The maximum absolute atomic E-state index is 13.6. The second kappa shape index (κ2) is 8.98. The Morgan fingerprint density at radius 3 is 2.06 bits per heavy atom. The van der Waals surface area contributed by atoms with Crippen molar-refractivity contribution in [3.63, 3.8) is 0 Å². The van der Waals surface area contributed by atoms with Gasteiger partial charge in [0.1, 0.15) is 18.0 Å². The highest BCUT2D eigenvalue weighted by molar-refractivity contribution is 5.92. The Hall–Kier alpha value is -3.42. The predicted molar refractivity (Wildman–Crippen MR) is 106 cm³/mol. The van der Waals surface area contributed by atoms with Crippen molar-refractivity contribution < 1.29 is 36.6 Å². The molecule has 0 fully saturated rings. The minimum Gasteiger partial charge on any atom is -0.454 e. The number of halogens is 4. The summed E-state index contributed by atoms with van der Waals surface area (Å²) >= 11 is 0. The second-order valence-electron chi connectivity index (χ2n) is 7.59. The van der Waals surface area contributed by atoms with Crippen molar-refractivity contribution in [2.75, 3.05) is 0 Å². The molecule has 8 heteroatoms. The second-order valence-corrected chi connectivity index (χ2v) is 7.59. The van der Waals surface area contributed by atoms with E-state index in [1.807, 2.05) is 24.3 Å². The van der Waals surface area contributed by atoms with Crippen LogP contribution >= 0.6 is 0 Å². The predicted octanol–water partition coefficient (Wildman–Crippen LogP) is 4.72. The number of ether oxygens (including phenoxy) is 2. The third-order valence-electron chi connectivity index (χ3n) is 5.42. The fourth-order valence-electron chi connectivity index (χ4n) is 3.70. The van der Waals surface area contributed by atoms with Gasteiger partial charge in [0.05, 0.1) is 11.1 Å². The van der Waals surface area contributed by atoms with Gasteiger partial charge in [0.2, 0.25) is 0 Å². The van der Waals surface area contributed by atoms with Crippen molar-refractivity contribution in [2.24, 2.45) is 0 Å². The molecule has 0 saturated heterocycles. The lowest BCUT2D eigenvalue weighted by atomic mass is 9.87. The van der Waals surface area contributed by atoms with Crippen molar-refractivity contribution >= 4 is 11.9 Å². The number of allylic oxidation sites excluding steroid dienone is 2. The summed E-state index contributed by atoms with van der Waals surface area (Å²) in [5.74, 6) is -5.13. The molecule has 0 N–H and O–H groups in total. The van der Waals surface area contributed by atoms with E-state index in [2.05, 4.69) is 0 Å². The molecular formula is C24H18F4O4. The van der Waals surface area contributed by atoms with Crippen molar-refractivity contribution in [1.82, 2.24) is 0 Å². The first-order chi connectivity index (χ1) is 15.3. The zero-order valence-corrected chi connectivity index (χ0v) is 16.7. The van der Waals surface area contributed by atoms with Crippen LogP contribution in [0.3, 0.4) is 0 Å². The van der Waals surface area contributed by atoms with Gasteiger partial charge in [-0.15, -0.1) is 0 Å². The lowest BCUT2D eigenvalue weighted by Gasteiger charge is -2.32. The highest BCUT2D eigenvalue weighted by Crippen LogP contribution is 2.28. The van der Waals surface area contributed by atoms with Crippen molar-refractivity contribution in [2.45, 2.75) is 37.6 Å². The summed E-state index contributed by atoms with van der Waals surface area (Å²) in [7, 11) is 0. The van der Waals surface area contributed by atoms with E-state index in [1.165, 1.54) is 6.08 Å². The van der Waals surface area contributed by atoms with Crippen LogP contribution in [0.4, 0.5) is 17.6 Å². The van der Waals surface area contributed by atoms with Crippen LogP contribution in [0, 0.1) is 11.6 Å². The van der Waals surface area contributed by atoms with Crippen LogP contribution in [0.1, 0.15) is 27.9 Å². The van der Waals surface area contributed by atoms with Crippen LogP contribution < -0.4 is 0 Å².